The zero-order valence-corrected chi connectivity index (χ0v) is 15.4. The van der Waals surface area contributed by atoms with Crippen LogP contribution in [0.3, 0.4) is 0 Å². The Morgan fingerprint density at radius 3 is 2.96 bits per heavy atom. The summed E-state index contributed by atoms with van der Waals surface area (Å²) in [5.41, 5.74) is 0.373. The number of hydrogen-bond acceptors (Lipinski definition) is 8. The molecule has 0 unspecified atom stereocenters. The number of nitrogens with one attached hydrogen (secondary N) is 1. The normalized spacial score (nSPS) is 10.7. The van der Waals surface area contributed by atoms with Crippen LogP contribution in [0.5, 0.6) is 0 Å². The van der Waals surface area contributed by atoms with Crippen LogP contribution in [0.2, 0.25) is 0 Å². The molecule has 0 aliphatic carbocycles. The van der Waals surface area contributed by atoms with Gasteiger partial charge in [0.25, 0.3) is 5.69 Å². The van der Waals surface area contributed by atoms with Crippen molar-refractivity contribution in [3.05, 3.63) is 56.9 Å². The number of carbonyl (C=O) groups excluding carboxylic acids is 1. The molecule has 0 aliphatic rings. The molecule has 0 fully saturated rings. The minimum absolute atomic E-state index is 0.0682. The van der Waals surface area contributed by atoms with E-state index in [-0.39, 0.29) is 17.3 Å². The number of benzene rings is 1. The van der Waals surface area contributed by atoms with Crippen molar-refractivity contribution < 1.29 is 14.1 Å². The van der Waals surface area contributed by atoms with Crippen LogP contribution in [0.25, 0.3) is 0 Å². The number of nitrogens with zero attached hydrogens (tertiary/aromatic N) is 5. The second-order valence-electron chi connectivity index (χ2n) is 4.96. The summed E-state index contributed by atoms with van der Waals surface area (Å²) in [5, 5.41) is 25.2. The fourth-order valence-corrected chi connectivity index (χ4v) is 3.13. The molecule has 3 rings (SSSR count). The average molecular weight is 439 g/mol. The second-order valence-corrected chi connectivity index (χ2v) is 6.75. The number of amides is 1. The van der Waals surface area contributed by atoms with Gasteiger partial charge in [0.1, 0.15) is 12.3 Å². The smallest absolute Gasteiger partial charge is 0.270 e. The molecule has 0 atom stereocenters. The maximum Gasteiger partial charge on any atom is 0.270 e. The summed E-state index contributed by atoms with van der Waals surface area (Å²) in [6.07, 6.45) is 1.56. The largest absolute Gasteiger partial charge is 0.467 e. The van der Waals surface area contributed by atoms with Crippen LogP contribution >= 0.6 is 27.7 Å². The first kappa shape index (κ1) is 18.1. The Labute approximate surface area is 159 Å². The van der Waals surface area contributed by atoms with Crippen LogP contribution in [0, 0.1) is 10.1 Å². The Hall–Kier alpha value is -2.73. The predicted octanol–water partition coefficient (Wildman–Crippen LogP) is 2.72. The number of aromatic nitrogens is 4. The highest BCUT2D eigenvalue weighted by Gasteiger charge is 2.14. The van der Waals surface area contributed by atoms with E-state index in [1.54, 1.807) is 18.4 Å². The zero-order valence-electron chi connectivity index (χ0n) is 13.0. The van der Waals surface area contributed by atoms with E-state index in [1.807, 2.05) is 0 Å². The number of rotatable bonds is 7. The number of tetrazole rings is 1. The first-order valence-electron chi connectivity index (χ1n) is 7.18. The molecule has 12 heteroatoms. The number of carbonyl (C=O) groups is 1. The maximum atomic E-state index is 12.1. The Morgan fingerprint density at radius 2 is 2.27 bits per heavy atom. The van der Waals surface area contributed by atoms with Gasteiger partial charge in [0.05, 0.1) is 22.6 Å². The fourth-order valence-electron chi connectivity index (χ4n) is 1.98. The molecule has 10 nitrogen and oxygen atoms in total. The van der Waals surface area contributed by atoms with Gasteiger partial charge in [-0.25, -0.2) is 4.68 Å². The van der Waals surface area contributed by atoms with Crippen LogP contribution in [0.1, 0.15) is 5.76 Å². The highest BCUT2D eigenvalue weighted by Crippen LogP contribution is 2.27. The summed E-state index contributed by atoms with van der Waals surface area (Å²) in [7, 11) is 0. The molecule has 0 bridgehead atoms. The molecule has 3 aromatic rings. The molecular weight excluding hydrogens is 428 g/mol. The van der Waals surface area contributed by atoms with Crippen molar-refractivity contribution in [2.45, 2.75) is 11.7 Å². The molecule has 0 spiro atoms. The monoisotopic (exact) mass is 438 g/mol. The van der Waals surface area contributed by atoms with Gasteiger partial charge in [0.2, 0.25) is 11.1 Å². The first-order valence-corrected chi connectivity index (χ1v) is 8.96. The minimum Gasteiger partial charge on any atom is -0.467 e. The Morgan fingerprint density at radius 1 is 1.42 bits per heavy atom. The Kier molecular flexibility index (Phi) is 5.63. The molecule has 2 heterocycles. The maximum absolute atomic E-state index is 12.1. The molecule has 1 amide bonds. The van der Waals surface area contributed by atoms with Crippen LogP contribution < -0.4 is 5.32 Å². The molecule has 1 aromatic carbocycles. The minimum atomic E-state index is -0.509. The SMILES string of the molecule is O=C(CSc1nnnn1Cc1ccco1)Nc1ccc([N+](=O)[O-])cc1Br. The molecule has 0 radical (unpaired) electrons. The van der Waals surface area contributed by atoms with E-state index in [4.69, 9.17) is 4.42 Å². The summed E-state index contributed by atoms with van der Waals surface area (Å²) in [5.74, 6) is 0.470. The fraction of sp³-hybridized carbons (Fsp3) is 0.143. The van der Waals surface area contributed by atoms with Crippen LogP contribution in [-0.4, -0.2) is 36.8 Å². The van der Waals surface area contributed by atoms with Crippen LogP contribution in [0.4, 0.5) is 11.4 Å². The summed E-state index contributed by atoms with van der Waals surface area (Å²) in [6, 6.07) is 7.67. The lowest BCUT2D eigenvalue weighted by Crippen LogP contribution is -2.15. The van der Waals surface area contributed by atoms with Crippen molar-refractivity contribution in [3.8, 4) is 0 Å². The zero-order chi connectivity index (χ0) is 18.5. The van der Waals surface area contributed by atoms with Crippen molar-refractivity contribution in [1.29, 1.82) is 0 Å². The van der Waals surface area contributed by atoms with E-state index < -0.39 is 4.92 Å². The second kappa shape index (κ2) is 8.10. The van der Waals surface area contributed by atoms with Crippen molar-refractivity contribution >= 4 is 45.0 Å². The number of furan rings is 1. The number of anilines is 1. The Bertz CT molecular complexity index is 929. The van der Waals surface area contributed by atoms with Crippen molar-refractivity contribution in [2.24, 2.45) is 0 Å². The third-order valence-electron chi connectivity index (χ3n) is 3.15. The first-order chi connectivity index (χ1) is 12.5. The molecule has 0 aliphatic heterocycles. The van der Waals surface area contributed by atoms with Crippen molar-refractivity contribution in [2.75, 3.05) is 11.1 Å². The number of thioether (sulfide) groups is 1. The molecule has 2 aromatic heterocycles. The summed E-state index contributed by atoms with van der Waals surface area (Å²) < 4.78 is 7.20. The number of halogens is 1. The van der Waals surface area contributed by atoms with Crippen LogP contribution in [0.15, 0.2) is 50.6 Å². The molecule has 0 saturated heterocycles. The molecule has 0 saturated carbocycles. The number of nitro benzene ring substituents is 1. The van der Waals surface area contributed by atoms with Crippen molar-refractivity contribution in [1.82, 2.24) is 20.2 Å². The van der Waals surface area contributed by atoms with E-state index in [9.17, 15) is 14.9 Å². The number of nitro groups is 1. The molecule has 1 N–H and O–H groups in total. The van der Waals surface area contributed by atoms with Crippen molar-refractivity contribution in [3.63, 3.8) is 0 Å². The van der Waals surface area contributed by atoms with Gasteiger partial charge in [-0.1, -0.05) is 11.8 Å². The van der Waals surface area contributed by atoms with Gasteiger partial charge >= 0.3 is 0 Å². The summed E-state index contributed by atoms with van der Waals surface area (Å²) >= 11 is 4.37. The van der Waals surface area contributed by atoms with E-state index in [0.717, 1.165) is 0 Å². The quantitative estimate of drug-likeness (QED) is 0.338. The highest BCUT2D eigenvalue weighted by molar-refractivity contribution is 9.10. The lowest BCUT2D eigenvalue weighted by atomic mass is 10.3. The average Bonchev–Trinajstić information content (AvgIpc) is 3.27. The van der Waals surface area contributed by atoms with Crippen LogP contribution in [-0.2, 0) is 11.3 Å². The third-order valence-corrected chi connectivity index (χ3v) is 4.77. The standard InChI is InChI=1S/C14H11BrN6O4S/c15-11-6-9(21(23)24)3-4-12(11)16-13(22)8-26-14-17-18-19-20(14)7-10-2-1-5-25-10/h1-6H,7-8H2,(H,16,22). The topological polar surface area (TPSA) is 129 Å². The lowest BCUT2D eigenvalue weighted by molar-refractivity contribution is -0.384. The molecular formula is C14H11BrN6O4S. The molecule has 26 heavy (non-hydrogen) atoms. The Balaban J connectivity index is 1.58. The summed E-state index contributed by atoms with van der Waals surface area (Å²) in [6.45, 7) is 0.359. The van der Waals surface area contributed by atoms with Gasteiger partial charge in [-0.15, -0.1) is 5.10 Å². The van der Waals surface area contributed by atoms with Gasteiger partial charge in [-0.3, -0.25) is 14.9 Å². The highest BCUT2D eigenvalue weighted by atomic mass is 79.9. The van der Waals surface area contributed by atoms with Gasteiger partial charge < -0.3 is 9.73 Å². The van der Waals surface area contributed by atoms with E-state index in [2.05, 4.69) is 36.8 Å². The number of hydrogen-bond donors (Lipinski definition) is 1. The predicted molar refractivity (Wildman–Crippen MR) is 95.8 cm³/mol. The van der Waals surface area contributed by atoms with Gasteiger partial charge in [0.15, 0.2) is 0 Å². The number of non-ortho nitro benzene ring substituents is 1. The van der Waals surface area contributed by atoms with E-state index >= 15 is 0 Å². The lowest BCUT2D eigenvalue weighted by Gasteiger charge is -2.07. The van der Waals surface area contributed by atoms with E-state index in [1.165, 1.54) is 34.6 Å². The van der Waals surface area contributed by atoms with Gasteiger partial charge in [-0.05, 0) is 44.6 Å². The third kappa shape index (κ3) is 4.46. The van der Waals surface area contributed by atoms with Gasteiger partial charge in [0, 0.05) is 16.6 Å². The molecule has 134 valence electrons. The van der Waals surface area contributed by atoms with Gasteiger partial charge in [-0.2, -0.15) is 0 Å². The summed E-state index contributed by atoms with van der Waals surface area (Å²) in [4.78, 5) is 22.3. The van der Waals surface area contributed by atoms with E-state index in [0.29, 0.717) is 27.6 Å².